The zero-order valence-corrected chi connectivity index (χ0v) is 18.1. The van der Waals surface area contributed by atoms with Crippen molar-refractivity contribution in [1.29, 1.82) is 0 Å². The fraction of sp³-hybridized carbons (Fsp3) is 0.435. The molecular formula is C23H33N4O3+. The van der Waals surface area contributed by atoms with E-state index in [0.29, 0.717) is 18.2 Å². The van der Waals surface area contributed by atoms with Gasteiger partial charge in [0.25, 0.3) is 0 Å². The maximum absolute atomic E-state index is 10.6. The molecule has 1 atom stereocenters. The van der Waals surface area contributed by atoms with E-state index in [2.05, 4.69) is 29.4 Å². The largest absolute Gasteiger partial charge is 0.497 e. The third kappa shape index (κ3) is 5.04. The van der Waals surface area contributed by atoms with E-state index in [9.17, 15) is 5.11 Å². The molecular weight excluding hydrogens is 380 g/mol. The first-order chi connectivity index (χ1) is 14.6. The number of anilines is 1. The van der Waals surface area contributed by atoms with Gasteiger partial charge in [0.2, 0.25) is 0 Å². The van der Waals surface area contributed by atoms with Crippen LogP contribution in [0.3, 0.4) is 0 Å². The number of methoxy groups -OCH3 is 1. The van der Waals surface area contributed by atoms with Crippen LogP contribution in [0.5, 0.6) is 11.5 Å². The highest BCUT2D eigenvalue weighted by molar-refractivity contribution is 5.73. The molecule has 7 nitrogen and oxygen atoms in total. The van der Waals surface area contributed by atoms with Crippen LogP contribution >= 0.6 is 0 Å². The molecule has 0 aliphatic carbocycles. The smallest absolute Gasteiger partial charge is 0.356 e. The molecule has 0 bridgehead atoms. The van der Waals surface area contributed by atoms with Gasteiger partial charge in [0, 0.05) is 6.54 Å². The summed E-state index contributed by atoms with van der Waals surface area (Å²) in [6.45, 7) is 8.63. The molecule has 0 saturated carbocycles. The van der Waals surface area contributed by atoms with Crippen LogP contribution in [0.1, 0.15) is 13.8 Å². The molecule has 162 valence electrons. The maximum Gasteiger partial charge on any atom is 0.356 e. The standard InChI is InChI=1S/C23H32N4O3/c1-4-25(5-2)14-15-26-21-8-6-7-9-22(21)27(23(26)24)16-18(28)17-30-20-12-10-19(29-3)11-13-20/h6-13,18,24,28H,4-5,14-17H2,1-3H3/p+1/t18-/m1/s1. The van der Waals surface area contributed by atoms with E-state index < -0.39 is 6.10 Å². The molecule has 1 aromatic heterocycles. The Hall–Kier alpha value is -2.77. The minimum atomic E-state index is -0.693. The number of fused-ring (bicyclic) bond motifs is 1. The fourth-order valence-corrected chi connectivity index (χ4v) is 3.65. The Kier molecular flexibility index (Phi) is 7.54. The minimum absolute atomic E-state index is 0.178. The molecule has 1 heterocycles. The summed E-state index contributed by atoms with van der Waals surface area (Å²) in [6.07, 6.45) is -0.693. The Morgan fingerprint density at radius 2 is 1.73 bits per heavy atom. The van der Waals surface area contributed by atoms with Crippen LogP contribution in [0.4, 0.5) is 5.95 Å². The van der Waals surface area contributed by atoms with Crippen molar-refractivity contribution in [1.82, 2.24) is 9.47 Å². The second kappa shape index (κ2) is 10.3. The first kappa shape index (κ1) is 21.9. The molecule has 0 radical (unpaired) electrons. The van der Waals surface area contributed by atoms with E-state index in [4.69, 9.17) is 15.2 Å². The van der Waals surface area contributed by atoms with E-state index in [0.717, 1.165) is 43.0 Å². The Morgan fingerprint density at radius 3 is 2.40 bits per heavy atom. The predicted molar refractivity (Wildman–Crippen MR) is 119 cm³/mol. The van der Waals surface area contributed by atoms with Crippen molar-refractivity contribution in [2.45, 2.75) is 33.0 Å². The van der Waals surface area contributed by atoms with Gasteiger partial charge in [-0.2, -0.15) is 0 Å². The van der Waals surface area contributed by atoms with Gasteiger partial charge in [0.1, 0.15) is 41.8 Å². The highest BCUT2D eigenvalue weighted by Crippen LogP contribution is 2.18. The number of nitrogens with zero attached hydrogens (tertiary/aromatic N) is 3. The number of aromatic nitrogens is 2. The van der Waals surface area contributed by atoms with Crippen molar-refractivity contribution in [3.8, 4) is 11.5 Å². The topological polar surface area (TPSA) is 76.8 Å². The Labute approximate surface area is 178 Å². The van der Waals surface area contributed by atoms with Gasteiger partial charge in [-0.1, -0.05) is 26.0 Å². The van der Waals surface area contributed by atoms with Gasteiger partial charge in [-0.25, -0.2) is 9.13 Å². The van der Waals surface area contributed by atoms with Gasteiger partial charge >= 0.3 is 5.95 Å². The van der Waals surface area contributed by atoms with E-state index in [1.54, 1.807) is 7.11 Å². The van der Waals surface area contributed by atoms with E-state index in [1.165, 1.54) is 0 Å². The number of likely N-dealkylation sites (N-methyl/N-ethyl adjacent to an activating group) is 1. The summed E-state index contributed by atoms with van der Waals surface area (Å²) in [6, 6.07) is 15.4. The van der Waals surface area contributed by atoms with Crippen LogP contribution in [0.15, 0.2) is 48.5 Å². The van der Waals surface area contributed by atoms with Crippen LogP contribution in [0.2, 0.25) is 0 Å². The number of hydrogen-bond donors (Lipinski definition) is 2. The summed E-state index contributed by atoms with van der Waals surface area (Å²) in [4.78, 5) is 2.37. The lowest BCUT2D eigenvalue weighted by atomic mass is 10.3. The molecule has 3 aromatic rings. The molecule has 30 heavy (non-hydrogen) atoms. The quantitative estimate of drug-likeness (QED) is 0.472. The Morgan fingerprint density at radius 1 is 1.07 bits per heavy atom. The summed E-state index contributed by atoms with van der Waals surface area (Å²) in [5, 5.41) is 10.6. The van der Waals surface area contributed by atoms with Gasteiger partial charge in [0.05, 0.1) is 13.7 Å². The molecule has 3 rings (SSSR count). The average molecular weight is 414 g/mol. The van der Waals surface area contributed by atoms with Gasteiger partial charge < -0.3 is 19.5 Å². The summed E-state index contributed by atoms with van der Waals surface area (Å²) in [5.41, 5.74) is 8.60. The predicted octanol–water partition coefficient (Wildman–Crippen LogP) is 2.30. The summed E-state index contributed by atoms with van der Waals surface area (Å²) >= 11 is 0. The van der Waals surface area contributed by atoms with Crippen molar-refractivity contribution in [3.63, 3.8) is 0 Å². The SMILES string of the molecule is CCN(CC)CCn1c(N)[n+](C[C@@H](O)COc2ccc(OC)cc2)c2ccccc21. The van der Waals surface area contributed by atoms with Crippen LogP contribution in [0.25, 0.3) is 11.0 Å². The van der Waals surface area contributed by atoms with Crippen LogP contribution in [0, 0.1) is 0 Å². The highest BCUT2D eigenvalue weighted by Gasteiger charge is 2.23. The van der Waals surface area contributed by atoms with Crippen molar-refractivity contribution < 1.29 is 19.1 Å². The minimum Gasteiger partial charge on any atom is -0.497 e. The normalized spacial score (nSPS) is 12.4. The van der Waals surface area contributed by atoms with Crippen LogP contribution in [-0.2, 0) is 13.1 Å². The average Bonchev–Trinajstić information content (AvgIpc) is 3.04. The molecule has 0 aliphatic heterocycles. The van der Waals surface area contributed by atoms with Gasteiger partial charge in [-0.05, 0) is 49.5 Å². The van der Waals surface area contributed by atoms with Gasteiger partial charge in [-0.3, -0.25) is 5.73 Å². The van der Waals surface area contributed by atoms with Gasteiger partial charge in [0.15, 0.2) is 0 Å². The molecule has 3 N–H and O–H groups in total. The molecule has 0 fully saturated rings. The summed E-state index contributed by atoms with van der Waals surface area (Å²) < 4.78 is 15.0. The van der Waals surface area contributed by atoms with Crippen LogP contribution < -0.4 is 19.8 Å². The lowest BCUT2D eigenvalue weighted by Gasteiger charge is -2.17. The first-order valence-electron chi connectivity index (χ1n) is 10.5. The van der Waals surface area contributed by atoms with Crippen LogP contribution in [-0.4, -0.2) is 54.0 Å². The molecule has 2 aromatic carbocycles. The number of hydrogen-bond acceptors (Lipinski definition) is 5. The number of aliphatic hydroxyl groups is 1. The molecule has 0 spiro atoms. The highest BCUT2D eigenvalue weighted by atomic mass is 16.5. The monoisotopic (exact) mass is 413 g/mol. The molecule has 7 heteroatoms. The lowest BCUT2D eigenvalue weighted by molar-refractivity contribution is -0.665. The number of benzene rings is 2. The third-order valence-electron chi connectivity index (χ3n) is 5.45. The maximum atomic E-state index is 10.6. The van der Waals surface area contributed by atoms with Crippen molar-refractivity contribution in [2.75, 3.05) is 39.1 Å². The first-order valence-corrected chi connectivity index (χ1v) is 10.5. The number of rotatable bonds is 11. The molecule has 0 saturated heterocycles. The van der Waals surface area contributed by atoms with E-state index in [1.807, 2.05) is 47.0 Å². The second-order valence-electron chi connectivity index (χ2n) is 7.28. The lowest BCUT2D eigenvalue weighted by Crippen LogP contribution is -2.44. The zero-order chi connectivity index (χ0) is 21.5. The van der Waals surface area contributed by atoms with Crippen molar-refractivity contribution >= 4 is 17.0 Å². The number of nitrogens with two attached hydrogens (primary N) is 1. The van der Waals surface area contributed by atoms with Gasteiger partial charge in [-0.15, -0.1) is 0 Å². The molecule has 0 amide bonds. The van der Waals surface area contributed by atoms with E-state index >= 15 is 0 Å². The van der Waals surface area contributed by atoms with E-state index in [-0.39, 0.29) is 6.61 Å². The molecule has 0 aliphatic rings. The number of ether oxygens (including phenoxy) is 2. The number of aliphatic hydroxyl groups excluding tert-OH is 1. The Balaban J connectivity index is 1.72. The third-order valence-corrected chi connectivity index (χ3v) is 5.45. The molecule has 0 unspecified atom stereocenters. The second-order valence-corrected chi connectivity index (χ2v) is 7.28. The summed E-state index contributed by atoms with van der Waals surface area (Å²) in [7, 11) is 1.62. The fourth-order valence-electron chi connectivity index (χ4n) is 3.65. The summed E-state index contributed by atoms with van der Waals surface area (Å²) in [5.74, 6) is 2.10. The van der Waals surface area contributed by atoms with Crippen molar-refractivity contribution in [3.05, 3.63) is 48.5 Å². The number of imidazole rings is 1. The number of para-hydroxylation sites is 2. The zero-order valence-electron chi connectivity index (χ0n) is 18.1. The number of nitrogen functional groups attached to an aromatic ring is 1. The van der Waals surface area contributed by atoms with Crippen molar-refractivity contribution in [2.24, 2.45) is 0 Å². The Bertz CT molecular complexity index is 936.